The molecule has 2 bridgehead atoms. The first-order valence-corrected chi connectivity index (χ1v) is 10.0. The maximum absolute atomic E-state index is 13.4. The van der Waals surface area contributed by atoms with Gasteiger partial charge in [0, 0.05) is 12.1 Å². The van der Waals surface area contributed by atoms with E-state index in [2.05, 4.69) is 17.0 Å². The number of rotatable bonds is 2. The fourth-order valence-corrected chi connectivity index (χ4v) is 5.88. The number of ketones is 2. The van der Waals surface area contributed by atoms with E-state index in [9.17, 15) is 9.59 Å². The molecule has 0 saturated carbocycles. The quantitative estimate of drug-likeness (QED) is 0.751. The van der Waals surface area contributed by atoms with Crippen LogP contribution in [0.15, 0.2) is 48.0 Å². The summed E-state index contributed by atoms with van der Waals surface area (Å²) in [5.74, 6) is -0.466. The highest BCUT2D eigenvalue weighted by Crippen LogP contribution is 2.54. The van der Waals surface area contributed by atoms with Crippen LogP contribution in [0.1, 0.15) is 26.8 Å². The van der Waals surface area contributed by atoms with E-state index in [1.165, 1.54) is 11.3 Å². The highest BCUT2D eigenvalue weighted by atomic mass is 32.1. The molecule has 6 rings (SSSR count). The zero-order valence-corrected chi connectivity index (χ0v) is 15.2. The molecule has 4 aliphatic heterocycles. The second-order valence-corrected chi connectivity index (χ2v) is 8.42. The van der Waals surface area contributed by atoms with E-state index < -0.39 is 12.3 Å². The average Bonchev–Trinajstić information content (AvgIpc) is 3.43. The van der Waals surface area contributed by atoms with Gasteiger partial charge in [0.1, 0.15) is 0 Å². The number of carbonyl (C=O) groups is 2. The van der Waals surface area contributed by atoms with Gasteiger partial charge in [-0.2, -0.15) is 0 Å². The second kappa shape index (κ2) is 5.61. The van der Waals surface area contributed by atoms with Crippen LogP contribution in [-0.4, -0.2) is 41.5 Å². The molecule has 6 heteroatoms. The van der Waals surface area contributed by atoms with Crippen molar-refractivity contribution in [3.63, 3.8) is 0 Å². The molecular weight excluding hydrogens is 362 g/mol. The molecular formula is C21H17NO4S. The molecule has 136 valence electrons. The summed E-state index contributed by atoms with van der Waals surface area (Å²) < 4.78 is 11.4. The van der Waals surface area contributed by atoms with E-state index >= 15 is 0 Å². The third-order valence-corrected chi connectivity index (χ3v) is 7.12. The van der Waals surface area contributed by atoms with Crippen molar-refractivity contribution >= 4 is 29.0 Å². The van der Waals surface area contributed by atoms with Gasteiger partial charge < -0.3 is 14.4 Å². The van der Waals surface area contributed by atoms with E-state index in [1.54, 1.807) is 0 Å². The highest BCUT2D eigenvalue weighted by molar-refractivity contribution is 7.12. The minimum atomic E-state index is -0.785. The minimum absolute atomic E-state index is 0.0321. The molecule has 4 aliphatic rings. The van der Waals surface area contributed by atoms with Crippen LogP contribution in [0, 0.1) is 11.8 Å². The standard InChI is InChI=1S/C21H17NO4S/c23-19(14-6-3-9-27-14)18-15-13-10-25-21(26-13)20(24)16(15)17-12-5-2-1-4-11(12)7-8-22(17)18/h1-9,13,15-18,21H,10H2/t13-,15-,16+,17+,18+,21-/m1/s1. The van der Waals surface area contributed by atoms with Crippen LogP contribution in [0.5, 0.6) is 0 Å². The molecule has 5 nitrogen and oxygen atoms in total. The molecule has 27 heavy (non-hydrogen) atoms. The first-order chi connectivity index (χ1) is 13.2. The Kier molecular flexibility index (Phi) is 3.27. The molecule has 3 fully saturated rings. The van der Waals surface area contributed by atoms with Crippen molar-refractivity contribution in [2.75, 3.05) is 6.61 Å². The minimum Gasteiger partial charge on any atom is -0.359 e. The van der Waals surface area contributed by atoms with Gasteiger partial charge in [0.25, 0.3) is 0 Å². The summed E-state index contributed by atoms with van der Waals surface area (Å²) in [7, 11) is 0. The number of hydrogen-bond acceptors (Lipinski definition) is 6. The lowest BCUT2D eigenvalue weighted by Gasteiger charge is -2.34. The fourth-order valence-electron chi connectivity index (χ4n) is 5.18. The number of ether oxygens (including phenoxy) is 2. The van der Waals surface area contributed by atoms with Crippen molar-refractivity contribution in [2.24, 2.45) is 11.8 Å². The Morgan fingerprint density at radius 1 is 1.19 bits per heavy atom. The van der Waals surface area contributed by atoms with Crippen molar-refractivity contribution in [3.05, 3.63) is 64.0 Å². The highest BCUT2D eigenvalue weighted by Gasteiger charge is 2.63. The molecule has 5 heterocycles. The lowest BCUT2D eigenvalue weighted by atomic mass is 9.76. The van der Waals surface area contributed by atoms with Crippen molar-refractivity contribution in [2.45, 2.75) is 24.5 Å². The number of carbonyl (C=O) groups excluding carboxylic acids is 2. The molecule has 1 aromatic heterocycles. The van der Waals surface area contributed by atoms with Gasteiger partial charge in [-0.3, -0.25) is 9.59 Å². The summed E-state index contributed by atoms with van der Waals surface area (Å²) in [6, 6.07) is 11.3. The Hall–Kier alpha value is -2.28. The molecule has 0 aliphatic carbocycles. The molecule has 3 saturated heterocycles. The van der Waals surface area contributed by atoms with E-state index in [0.717, 1.165) is 16.0 Å². The van der Waals surface area contributed by atoms with Crippen molar-refractivity contribution < 1.29 is 19.1 Å². The molecule has 6 atom stereocenters. The summed E-state index contributed by atoms with van der Waals surface area (Å²) in [6.07, 6.45) is 3.02. The lowest BCUT2D eigenvalue weighted by molar-refractivity contribution is -0.164. The number of Topliss-reactive ketones (excluding diaryl/α,β-unsaturated/α-hetero) is 2. The molecule has 0 spiro atoms. The van der Waals surface area contributed by atoms with Crippen LogP contribution in [0.2, 0.25) is 0 Å². The van der Waals surface area contributed by atoms with Crippen molar-refractivity contribution in [1.82, 2.24) is 4.90 Å². The maximum atomic E-state index is 13.4. The number of nitrogens with zero attached hydrogens (tertiary/aromatic N) is 1. The van der Waals surface area contributed by atoms with E-state index in [0.29, 0.717) is 6.61 Å². The van der Waals surface area contributed by atoms with E-state index in [4.69, 9.17) is 9.47 Å². The fraction of sp³-hybridized carbons (Fsp3) is 0.333. The molecule has 2 aromatic rings. The SMILES string of the molecule is O=C1[C@@H]2OC[C@@H](O2)[C@@H]2[C@H]1[C@@H]1c3ccccc3C=CN1[C@@H]2C(=O)c1cccs1. The Balaban J connectivity index is 1.53. The predicted octanol–water partition coefficient (Wildman–Crippen LogP) is 2.90. The van der Waals surface area contributed by atoms with Gasteiger partial charge in [0.2, 0.25) is 6.29 Å². The van der Waals surface area contributed by atoms with Crippen LogP contribution in [-0.2, 0) is 14.3 Å². The zero-order chi connectivity index (χ0) is 18.1. The first kappa shape index (κ1) is 15.7. The molecule has 0 N–H and O–H groups in total. The summed E-state index contributed by atoms with van der Waals surface area (Å²) in [5.41, 5.74) is 2.21. The van der Waals surface area contributed by atoms with Gasteiger partial charge in [0.15, 0.2) is 11.6 Å². The van der Waals surface area contributed by atoms with E-state index in [1.807, 2.05) is 41.9 Å². The van der Waals surface area contributed by atoms with Crippen molar-refractivity contribution in [1.29, 1.82) is 0 Å². The topological polar surface area (TPSA) is 55.8 Å². The van der Waals surface area contributed by atoms with Crippen LogP contribution in [0.25, 0.3) is 6.08 Å². The maximum Gasteiger partial charge on any atom is 0.218 e. The Morgan fingerprint density at radius 3 is 2.93 bits per heavy atom. The third kappa shape index (κ3) is 2.06. The van der Waals surface area contributed by atoms with Gasteiger partial charge in [0.05, 0.1) is 35.6 Å². The van der Waals surface area contributed by atoms with Crippen LogP contribution >= 0.6 is 11.3 Å². The Labute approximate surface area is 160 Å². The number of hydrogen-bond donors (Lipinski definition) is 0. The van der Waals surface area contributed by atoms with Gasteiger partial charge in [-0.05, 0) is 28.6 Å². The molecule has 0 unspecified atom stereocenters. The Bertz CT molecular complexity index is 968. The summed E-state index contributed by atoms with van der Waals surface area (Å²) in [6.45, 7) is 0.373. The van der Waals surface area contributed by atoms with Gasteiger partial charge in [-0.15, -0.1) is 11.3 Å². The van der Waals surface area contributed by atoms with E-state index in [-0.39, 0.29) is 35.5 Å². The summed E-state index contributed by atoms with van der Waals surface area (Å²) in [4.78, 5) is 29.4. The largest absolute Gasteiger partial charge is 0.359 e. The van der Waals surface area contributed by atoms with Crippen LogP contribution in [0.3, 0.4) is 0 Å². The van der Waals surface area contributed by atoms with Gasteiger partial charge in [-0.1, -0.05) is 30.3 Å². The normalized spacial score (nSPS) is 35.7. The average molecular weight is 379 g/mol. The predicted molar refractivity (Wildman–Crippen MR) is 99.1 cm³/mol. The van der Waals surface area contributed by atoms with Crippen LogP contribution < -0.4 is 0 Å². The smallest absolute Gasteiger partial charge is 0.218 e. The molecule has 1 aromatic carbocycles. The van der Waals surface area contributed by atoms with Crippen LogP contribution in [0.4, 0.5) is 0 Å². The Morgan fingerprint density at radius 2 is 2.07 bits per heavy atom. The lowest BCUT2D eigenvalue weighted by Crippen LogP contribution is -2.47. The first-order valence-electron chi connectivity index (χ1n) is 9.17. The molecule has 0 radical (unpaired) electrons. The summed E-state index contributed by atoms with van der Waals surface area (Å²) >= 11 is 1.44. The number of thiophene rings is 1. The number of fused-ring (bicyclic) bond motifs is 8. The van der Waals surface area contributed by atoms with Gasteiger partial charge in [-0.25, -0.2) is 0 Å². The second-order valence-electron chi connectivity index (χ2n) is 7.47. The third-order valence-electron chi connectivity index (χ3n) is 6.24. The zero-order valence-electron chi connectivity index (χ0n) is 14.4. The molecule has 0 amide bonds. The summed E-state index contributed by atoms with van der Waals surface area (Å²) in [5, 5.41) is 1.91. The monoisotopic (exact) mass is 379 g/mol. The number of benzene rings is 1. The van der Waals surface area contributed by atoms with Crippen molar-refractivity contribution in [3.8, 4) is 0 Å². The van der Waals surface area contributed by atoms with Gasteiger partial charge >= 0.3 is 0 Å².